The third-order valence-electron chi connectivity index (χ3n) is 5.65. The van der Waals surface area contributed by atoms with Crippen LogP contribution in [0.5, 0.6) is 0 Å². The van der Waals surface area contributed by atoms with Gasteiger partial charge in [-0.25, -0.2) is 10.2 Å². The molecule has 0 spiro atoms. The quantitative estimate of drug-likeness (QED) is 0.320. The number of nitrogens with one attached hydrogen (secondary N) is 1. The Kier molecular flexibility index (Phi) is 5.20. The summed E-state index contributed by atoms with van der Waals surface area (Å²) in [6.45, 7) is 2.59. The monoisotopic (exact) mass is 438 g/mol. The Bertz CT molecular complexity index is 1470. The van der Waals surface area contributed by atoms with E-state index in [2.05, 4.69) is 41.5 Å². The van der Waals surface area contributed by atoms with Crippen LogP contribution in [-0.2, 0) is 13.6 Å². The number of rotatable bonds is 5. The first-order chi connectivity index (χ1) is 16.0. The fourth-order valence-electron chi connectivity index (χ4n) is 3.91. The topological polar surface area (TPSA) is 97.9 Å². The highest BCUT2D eigenvalue weighted by Gasteiger charge is 2.14. The van der Waals surface area contributed by atoms with Crippen molar-refractivity contribution >= 4 is 16.9 Å². The Morgan fingerprint density at radius 2 is 1.82 bits per heavy atom. The number of benzene rings is 3. The van der Waals surface area contributed by atoms with E-state index in [1.807, 2.05) is 48.1 Å². The molecule has 2 heterocycles. The number of aryl methyl sites for hydroxylation is 2. The number of hydrogen-bond acceptors (Lipinski definition) is 5. The summed E-state index contributed by atoms with van der Waals surface area (Å²) in [5.41, 5.74) is 9.85. The Balaban J connectivity index is 1.56. The predicted octanol–water partition coefficient (Wildman–Crippen LogP) is 3.97. The van der Waals surface area contributed by atoms with Gasteiger partial charge >= 0.3 is 0 Å². The molecule has 0 bridgehead atoms. The van der Waals surface area contributed by atoms with E-state index in [1.54, 1.807) is 22.3 Å². The summed E-state index contributed by atoms with van der Waals surface area (Å²) in [7, 11) is 1.87. The van der Waals surface area contributed by atoms with Crippen LogP contribution in [0.25, 0.3) is 33.5 Å². The molecule has 2 aromatic heterocycles. The molecule has 0 aliphatic carbocycles. The van der Waals surface area contributed by atoms with Gasteiger partial charge < -0.3 is 0 Å². The van der Waals surface area contributed by atoms with Gasteiger partial charge in [0.05, 0.1) is 23.4 Å². The zero-order valence-electron chi connectivity index (χ0n) is 18.2. The molecule has 3 aromatic carbocycles. The highest BCUT2D eigenvalue weighted by atomic mass is 16.5. The van der Waals surface area contributed by atoms with Crippen LogP contribution in [0, 0.1) is 6.92 Å². The maximum absolute atomic E-state index is 11.6. The lowest BCUT2D eigenvalue weighted by molar-refractivity contribution is 0.0706. The maximum Gasteiger partial charge on any atom is 0.274 e. The number of hydroxylamine groups is 1. The molecule has 0 fully saturated rings. The molecule has 0 aliphatic rings. The molecule has 5 rings (SSSR count). The van der Waals surface area contributed by atoms with Gasteiger partial charge in [-0.3, -0.25) is 14.7 Å². The fraction of sp³-hybridized carbons (Fsp3) is 0.120. The van der Waals surface area contributed by atoms with Crippen molar-refractivity contribution in [3.63, 3.8) is 0 Å². The largest absolute Gasteiger partial charge is 0.288 e. The number of carbonyl (C=O) groups is 1. The molecular formula is C25H22N6O2. The van der Waals surface area contributed by atoms with Gasteiger partial charge in [-0.2, -0.15) is 5.10 Å². The molecule has 8 heteroatoms. The average Bonchev–Trinajstić information content (AvgIpc) is 3.42. The standard InChI is InChI=1S/C25H22N6O2/c1-16-4-3-5-20(12-16)24-14-21(19-10-11-23-22(13-19)26-29-30(23)2)27-31(24)15-17-6-8-18(9-7-17)25(32)28-33/h3-14,33H,15H2,1-2H3,(H,28,32). The third kappa shape index (κ3) is 3.99. The normalized spacial score (nSPS) is 11.1. The van der Waals surface area contributed by atoms with Crippen molar-refractivity contribution in [1.82, 2.24) is 30.3 Å². The Morgan fingerprint density at radius 1 is 1.00 bits per heavy atom. The predicted molar refractivity (Wildman–Crippen MR) is 125 cm³/mol. The van der Waals surface area contributed by atoms with Gasteiger partial charge in [0.2, 0.25) is 0 Å². The van der Waals surface area contributed by atoms with E-state index in [-0.39, 0.29) is 0 Å². The second kappa shape index (κ2) is 8.33. The molecule has 33 heavy (non-hydrogen) atoms. The van der Waals surface area contributed by atoms with Crippen LogP contribution < -0.4 is 5.48 Å². The average molecular weight is 438 g/mol. The van der Waals surface area contributed by atoms with Crippen LogP contribution in [-0.4, -0.2) is 35.9 Å². The van der Waals surface area contributed by atoms with Gasteiger partial charge in [0.1, 0.15) is 5.52 Å². The van der Waals surface area contributed by atoms with Gasteiger partial charge in [-0.15, -0.1) is 5.10 Å². The molecule has 5 aromatic rings. The first-order valence-corrected chi connectivity index (χ1v) is 10.5. The summed E-state index contributed by atoms with van der Waals surface area (Å²) in [6.07, 6.45) is 0. The van der Waals surface area contributed by atoms with Crippen LogP contribution in [0.15, 0.2) is 72.8 Å². The smallest absolute Gasteiger partial charge is 0.274 e. The number of fused-ring (bicyclic) bond motifs is 1. The Hall–Kier alpha value is -4.30. The number of carbonyl (C=O) groups excluding carboxylic acids is 1. The lowest BCUT2D eigenvalue weighted by atomic mass is 10.1. The van der Waals surface area contributed by atoms with Crippen LogP contribution in [0.2, 0.25) is 0 Å². The van der Waals surface area contributed by atoms with Crippen LogP contribution in [0.4, 0.5) is 0 Å². The lowest BCUT2D eigenvalue weighted by Crippen LogP contribution is -2.18. The molecule has 0 saturated carbocycles. The van der Waals surface area contributed by atoms with Crippen molar-refractivity contribution in [2.75, 3.05) is 0 Å². The van der Waals surface area contributed by atoms with Crippen molar-refractivity contribution in [2.45, 2.75) is 13.5 Å². The minimum Gasteiger partial charge on any atom is -0.288 e. The van der Waals surface area contributed by atoms with Crippen LogP contribution in [0.3, 0.4) is 0 Å². The van der Waals surface area contributed by atoms with Gasteiger partial charge in [0.25, 0.3) is 5.91 Å². The summed E-state index contributed by atoms with van der Waals surface area (Å²) in [4.78, 5) is 11.6. The number of amides is 1. The summed E-state index contributed by atoms with van der Waals surface area (Å²) in [5, 5.41) is 22.1. The van der Waals surface area contributed by atoms with E-state index in [9.17, 15) is 4.79 Å². The van der Waals surface area contributed by atoms with Crippen LogP contribution in [0.1, 0.15) is 21.5 Å². The molecule has 0 atom stereocenters. The second-order valence-electron chi connectivity index (χ2n) is 8.00. The number of aromatic nitrogens is 5. The fourth-order valence-corrected chi connectivity index (χ4v) is 3.91. The van der Waals surface area contributed by atoms with E-state index < -0.39 is 5.91 Å². The first-order valence-electron chi connectivity index (χ1n) is 10.5. The third-order valence-corrected chi connectivity index (χ3v) is 5.65. The summed E-state index contributed by atoms with van der Waals surface area (Å²) in [6, 6.07) is 23.5. The second-order valence-corrected chi connectivity index (χ2v) is 8.00. The zero-order valence-corrected chi connectivity index (χ0v) is 18.2. The Morgan fingerprint density at radius 3 is 2.58 bits per heavy atom. The van der Waals surface area contributed by atoms with Crippen molar-refractivity contribution in [1.29, 1.82) is 0 Å². The zero-order chi connectivity index (χ0) is 22.9. The highest BCUT2D eigenvalue weighted by molar-refractivity contribution is 5.93. The van der Waals surface area contributed by atoms with Gasteiger partial charge in [0.15, 0.2) is 0 Å². The molecule has 0 saturated heterocycles. The van der Waals surface area contributed by atoms with E-state index in [0.717, 1.165) is 39.1 Å². The Labute approximate surface area is 190 Å². The molecule has 2 N–H and O–H groups in total. The van der Waals surface area contributed by atoms with Crippen molar-refractivity contribution in [2.24, 2.45) is 7.05 Å². The van der Waals surface area contributed by atoms with Crippen molar-refractivity contribution in [3.8, 4) is 22.5 Å². The lowest BCUT2D eigenvalue weighted by Gasteiger charge is -2.09. The molecule has 8 nitrogen and oxygen atoms in total. The van der Waals surface area contributed by atoms with Crippen molar-refractivity contribution < 1.29 is 10.0 Å². The minimum atomic E-state index is -0.539. The first kappa shape index (κ1) is 20.6. The van der Waals surface area contributed by atoms with E-state index in [4.69, 9.17) is 10.3 Å². The van der Waals surface area contributed by atoms with Gasteiger partial charge in [0, 0.05) is 23.7 Å². The van der Waals surface area contributed by atoms with Crippen LogP contribution >= 0.6 is 0 Å². The SMILES string of the molecule is Cc1cccc(-c2cc(-c3ccc4c(c3)nnn4C)nn2Cc2ccc(C(=O)NO)cc2)c1. The maximum atomic E-state index is 11.6. The molecule has 0 unspecified atom stereocenters. The highest BCUT2D eigenvalue weighted by Crippen LogP contribution is 2.29. The van der Waals surface area contributed by atoms with Gasteiger partial charge in [-0.1, -0.05) is 47.2 Å². The summed E-state index contributed by atoms with van der Waals surface area (Å²) < 4.78 is 3.71. The van der Waals surface area contributed by atoms with E-state index in [0.29, 0.717) is 12.1 Å². The van der Waals surface area contributed by atoms with Crippen molar-refractivity contribution in [3.05, 3.63) is 89.5 Å². The summed E-state index contributed by atoms with van der Waals surface area (Å²) in [5.74, 6) is -0.539. The van der Waals surface area contributed by atoms with E-state index >= 15 is 0 Å². The molecule has 0 radical (unpaired) electrons. The summed E-state index contributed by atoms with van der Waals surface area (Å²) >= 11 is 0. The molecular weight excluding hydrogens is 416 g/mol. The molecule has 0 aliphatic heterocycles. The van der Waals surface area contributed by atoms with E-state index in [1.165, 1.54) is 5.56 Å². The molecule has 164 valence electrons. The molecule has 1 amide bonds. The number of hydrogen-bond donors (Lipinski definition) is 2. The number of nitrogens with zero attached hydrogens (tertiary/aromatic N) is 5. The van der Waals surface area contributed by atoms with Gasteiger partial charge in [-0.05, 0) is 48.9 Å². The minimum absolute atomic E-state index is 0.388.